The second-order valence-corrected chi connectivity index (χ2v) is 4.13. The molecule has 0 atom stereocenters. The third-order valence-electron chi connectivity index (χ3n) is 2.04. The summed E-state index contributed by atoms with van der Waals surface area (Å²) in [7, 11) is 1.69. The summed E-state index contributed by atoms with van der Waals surface area (Å²) in [5.74, 6) is 0.884. The Hall–Kier alpha value is -0.990. The number of aromatic nitrogens is 2. The Labute approximate surface area is 79.7 Å². The third-order valence-corrected chi connectivity index (χ3v) is 2.04. The zero-order valence-corrected chi connectivity index (χ0v) is 9.09. The second kappa shape index (κ2) is 3.40. The Morgan fingerprint density at radius 3 is 2.46 bits per heavy atom. The number of rotatable bonds is 2. The molecule has 3 heteroatoms. The van der Waals surface area contributed by atoms with Crippen LogP contribution in [-0.2, 0) is 12.0 Å². The van der Waals surface area contributed by atoms with Gasteiger partial charge in [-0.1, -0.05) is 20.8 Å². The summed E-state index contributed by atoms with van der Waals surface area (Å²) in [5.41, 5.74) is 1.25. The number of aryl methyl sites for hydroxylation is 1. The molecule has 13 heavy (non-hydrogen) atoms. The largest absolute Gasteiger partial charge is 0.493 e. The molecule has 0 aromatic carbocycles. The maximum Gasteiger partial charge on any atom is 0.160 e. The molecule has 3 nitrogen and oxygen atoms in total. The van der Waals surface area contributed by atoms with Gasteiger partial charge < -0.3 is 4.74 Å². The molecule has 1 rings (SSSR count). The second-order valence-electron chi connectivity index (χ2n) is 4.13. The standard InChI is InChI=1S/C10H18N2O/c1-6-12-9(10(2,3)4)8(13-5)7-11-12/h7H,6H2,1-5H3. The van der Waals surface area contributed by atoms with Gasteiger partial charge in [0.05, 0.1) is 19.0 Å². The number of nitrogens with zero attached hydrogens (tertiary/aromatic N) is 2. The highest BCUT2D eigenvalue weighted by atomic mass is 16.5. The fraction of sp³-hybridized carbons (Fsp3) is 0.700. The van der Waals surface area contributed by atoms with E-state index in [1.54, 1.807) is 13.3 Å². The number of hydrogen-bond donors (Lipinski definition) is 0. The molecule has 0 fully saturated rings. The highest BCUT2D eigenvalue weighted by molar-refractivity contribution is 5.31. The molecule has 74 valence electrons. The van der Waals surface area contributed by atoms with E-state index >= 15 is 0 Å². The van der Waals surface area contributed by atoms with Gasteiger partial charge in [-0.05, 0) is 6.92 Å². The average Bonchev–Trinajstić information content (AvgIpc) is 2.45. The number of hydrogen-bond acceptors (Lipinski definition) is 2. The lowest BCUT2D eigenvalue weighted by Gasteiger charge is -2.21. The highest BCUT2D eigenvalue weighted by Gasteiger charge is 2.23. The van der Waals surface area contributed by atoms with Gasteiger partial charge in [0.2, 0.25) is 0 Å². The molecule has 0 saturated heterocycles. The fourth-order valence-corrected chi connectivity index (χ4v) is 1.51. The maximum absolute atomic E-state index is 5.27. The van der Waals surface area contributed by atoms with E-state index in [-0.39, 0.29) is 5.41 Å². The zero-order chi connectivity index (χ0) is 10.1. The molecule has 0 saturated carbocycles. The Bertz CT molecular complexity index is 262. The number of methoxy groups -OCH3 is 1. The van der Waals surface area contributed by atoms with Crippen LogP contribution in [0.3, 0.4) is 0 Å². The summed E-state index contributed by atoms with van der Waals surface area (Å²) >= 11 is 0. The first-order chi connectivity index (χ1) is 6.00. The van der Waals surface area contributed by atoms with Crippen LogP contribution in [0.5, 0.6) is 5.75 Å². The molecule has 0 aliphatic carbocycles. The minimum Gasteiger partial charge on any atom is -0.493 e. The van der Waals surface area contributed by atoms with Gasteiger partial charge in [-0.15, -0.1) is 0 Å². The van der Waals surface area contributed by atoms with Crippen LogP contribution in [0.1, 0.15) is 33.4 Å². The summed E-state index contributed by atoms with van der Waals surface area (Å²) in [6.45, 7) is 9.47. The quantitative estimate of drug-likeness (QED) is 0.701. The lowest BCUT2D eigenvalue weighted by molar-refractivity contribution is 0.388. The smallest absolute Gasteiger partial charge is 0.160 e. The van der Waals surface area contributed by atoms with Gasteiger partial charge in [0, 0.05) is 12.0 Å². The van der Waals surface area contributed by atoms with Crippen molar-refractivity contribution < 1.29 is 4.74 Å². The van der Waals surface area contributed by atoms with E-state index in [1.165, 1.54) is 0 Å². The van der Waals surface area contributed by atoms with Crippen LogP contribution in [0, 0.1) is 0 Å². The van der Waals surface area contributed by atoms with E-state index in [4.69, 9.17) is 4.74 Å². The SMILES string of the molecule is CCn1ncc(OC)c1C(C)(C)C. The maximum atomic E-state index is 5.27. The van der Waals surface area contributed by atoms with Crippen molar-refractivity contribution in [2.45, 2.75) is 39.7 Å². The van der Waals surface area contributed by atoms with Crippen molar-refractivity contribution in [3.8, 4) is 5.75 Å². The van der Waals surface area contributed by atoms with Crippen LogP contribution in [0.4, 0.5) is 0 Å². The van der Waals surface area contributed by atoms with Gasteiger partial charge in [0.1, 0.15) is 0 Å². The van der Waals surface area contributed by atoms with E-state index in [0.717, 1.165) is 18.0 Å². The fourth-order valence-electron chi connectivity index (χ4n) is 1.51. The minimum absolute atomic E-state index is 0.0812. The van der Waals surface area contributed by atoms with Gasteiger partial charge >= 0.3 is 0 Å². The monoisotopic (exact) mass is 182 g/mol. The van der Waals surface area contributed by atoms with Crippen molar-refractivity contribution >= 4 is 0 Å². The lowest BCUT2D eigenvalue weighted by atomic mass is 9.91. The molecule has 1 aromatic rings. The first-order valence-electron chi connectivity index (χ1n) is 4.61. The molecular weight excluding hydrogens is 164 g/mol. The predicted octanol–water partition coefficient (Wildman–Crippen LogP) is 2.21. The zero-order valence-electron chi connectivity index (χ0n) is 9.09. The van der Waals surface area contributed by atoms with Crippen LogP contribution in [0.2, 0.25) is 0 Å². The summed E-state index contributed by atoms with van der Waals surface area (Å²) < 4.78 is 7.26. The van der Waals surface area contributed by atoms with Crippen molar-refractivity contribution in [3.63, 3.8) is 0 Å². The molecule has 0 unspecified atom stereocenters. The molecule has 1 aromatic heterocycles. The summed E-state index contributed by atoms with van der Waals surface area (Å²) in [6, 6.07) is 0. The normalized spacial score (nSPS) is 11.8. The van der Waals surface area contributed by atoms with Crippen LogP contribution in [0.25, 0.3) is 0 Å². The van der Waals surface area contributed by atoms with Crippen molar-refractivity contribution in [2.75, 3.05) is 7.11 Å². The van der Waals surface area contributed by atoms with Gasteiger partial charge in [-0.25, -0.2) is 0 Å². The molecule has 0 spiro atoms. The summed E-state index contributed by atoms with van der Waals surface area (Å²) in [5, 5.41) is 4.26. The molecule has 0 aliphatic heterocycles. The Kier molecular flexibility index (Phi) is 2.64. The molecule has 0 bridgehead atoms. The molecule has 0 N–H and O–H groups in total. The van der Waals surface area contributed by atoms with E-state index in [9.17, 15) is 0 Å². The van der Waals surface area contributed by atoms with Gasteiger partial charge in [-0.2, -0.15) is 5.10 Å². The Morgan fingerprint density at radius 2 is 2.08 bits per heavy atom. The van der Waals surface area contributed by atoms with Crippen molar-refractivity contribution in [1.82, 2.24) is 9.78 Å². The van der Waals surface area contributed by atoms with Crippen molar-refractivity contribution in [1.29, 1.82) is 0 Å². The third kappa shape index (κ3) is 1.85. The number of ether oxygens (including phenoxy) is 1. The van der Waals surface area contributed by atoms with Crippen LogP contribution < -0.4 is 4.74 Å². The van der Waals surface area contributed by atoms with E-state index in [1.807, 2.05) is 4.68 Å². The molecule has 0 amide bonds. The topological polar surface area (TPSA) is 27.1 Å². The van der Waals surface area contributed by atoms with Gasteiger partial charge in [0.15, 0.2) is 5.75 Å². The van der Waals surface area contributed by atoms with Gasteiger partial charge in [0.25, 0.3) is 0 Å². The van der Waals surface area contributed by atoms with Crippen LogP contribution >= 0.6 is 0 Å². The summed E-state index contributed by atoms with van der Waals surface area (Å²) in [6.07, 6.45) is 1.78. The molecule has 0 aliphatic rings. The first kappa shape index (κ1) is 10.1. The minimum atomic E-state index is 0.0812. The Balaban J connectivity index is 3.20. The average molecular weight is 182 g/mol. The van der Waals surface area contributed by atoms with Crippen LogP contribution in [0.15, 0.2) is 6.20 Å². The molecular formula is C10H18N2O. The van der Waals surface area contributed by atoms with E-state index in [0.29, 0.717) is 0 Å². The van der Waals surface area contributed by atoms with Crippen LogP contribution in [-0.4, -0.2) is 16.9 Å². The van der Waals surface area contributed by atoms with E-state index < -0.39 is 0 Å². The van der Waals surface area contributed by atoms with Crippen molar-refractivity contribution in [3.05, 3.63) is 11.9 Å². The summed E-state index contributed by atoms with van der Waals surface area (Å²) in [4.78, 5) is 0. The first-order valence-corrected chi connectivity index (χ1v) is 4.61. The molecule has 0 radical (unpaired) electrons. The predicted molar refractivity (Wildman–Crippen MR) is 53.2 cm³/mol. The van der Waals surface area contributed by atoms with Crippen molar-refractivity contribution in [2.24, 2.45) is 0 Å². The lowest BCUT2D eigenvalue weighted by Crippen LogP contribution is -2.18. The highest BCUT2D eigenvalue weighted by Crippen LogP contribution is 2.30. The molecule has 1 heterocycles. The van der Waals surface area contributed by atoms with E-state index in [2.05, 4.69) is 32.8 Å². The van der Waals surface area contributed by atoms with Gasteiger partial charge in [-0.3, -0.25) is 4.68 Å². The Morgan fingerprint density at radius 1 is 1.46 bits per heavy atom.